The van der Waals surface area contributed by atoms with Crippen LogP contribution in [0.2, 0.25) is 0 Å². The van der Waals surface area contributed by atoms with Crippen LogP contribution in [-0.4, -0.2) is 64.7 Å². The third kappa shape index (κ3) is 4.72. The summed E-state index contributed by atoms with van der Waals surface area (Å²) in [6, 6.07) is 7.06. The van der Waals surface area contributed by atoms with E-state index in [0.29, 0.717) is 18.1 Å². The molecule has 9 nitrogen and oxygen atoms in total. The molecule has 0 aliphatic carbocycles. The summed E-state index contributed by atoms with van der Waals surface area (Å²) < 4.78 is 5.35. The van der Waals surface area contributed by atoms with Crippen molar-refractivity contribution in [3.05, 3.63) is 24.3 Å². The fourth-order valence-corrected chi connectivity index (χ4v) is 3.13. The first-order valence-electron chi connectivity index (χ1n) is 8.40. The first-order valence-corrected chi connectivity index (χ1v) is 9.38. The van der Waals surface area contributed by atoms with Crippen LogP contribution in [0.5, 0.6) is 5.75 Å². The van der Waals surface area contributed by atoms with Crippen molar-refractivity contribution >= 4 is 46.5 Å². The number of hydrogen-bond donors (Lipinski definition) is 2. The van der Waals surface area contributed by atoms with E-state index >= 15 is 0 Å². The molecule has 2 aliphatic rings. The van der Waals surface area contributed by atoms with E-state index in [1.165, 1.54) is 11.2 Å². The molecule has 0 radical (unpaired) electrons. The van der Waals surface area contributed by atoms with Crippen molar-refractivity contribution in [1.29, 1.82) is 0 Å². The van der Waals surface area contributed by atoms with Crippen molar-refractivity contribution in [1.82, 2.24) is 5.01 Å². The van der Waals surface area contributed by atoms with E-state index in [2.05, 4.69) is 20.4 Å². The first-order chi connectivity index (χ1) is 13.1. The van der Waals surface area contributed by atoms with Crippen LogP contribution in [0, 0.1) is 5.92 Å². The maximum Gasteiger partial charge on any atom is 0.264 e. The van der Waals surface area contributed by atoms with Crippen LogP contribution >= 0.6 is 11.8 Å². The molecular weight excluding hydrogens is 370 g/mol. The van der Waals surface area contributed by atoms with Crippen LogP contribution in [0.25, 0.3) is 0 Å². The van der Waals surface area contributed by atoms with Gasteiger partial charge in [0.25, 0.3) is 5.91 Å². The monoisotopic (exact) mass is 389 g/mol. The van der Waals surface area contributed by atoms with Gasteiger partial charge < -0.3 is 15.2 Å². The number of benzene rings is 1. The average Bonchev–Trinajstić information content (AvgIpc) is 3.06. The third-order valence-corrected chi connectivity index (χ3v) is 4.52. The number of hydrogen-bond acceptors (Lipinski definition) is 8. The Balaban J connectivity index is 1.55. The molecule has 1 atom stereocenters. The van der Waals surface area contributed by atoms with Gasteiger partial charge in [0.15, 0.2) is 5.17 Å². The number of carbonyl (C=O) groups excluding carboxylic acids is 2. The van der Waals surface area contributed by atoms with Crippen LogP contribution < -0.4 is 10.1 Å². The Morgan fingerprint density at radius 1 is 1.33 bits per heavy atom. The Bertz CT molecular complexity index is 806. The Labute approximate surface area is 160 Å². The molecular formula is C17H19N5O4S. The number of nitrogens with one attached hydrogen (secondary N) is 1. The maximum atomic E-state index is 12.1. The number of anilines is 1. The topological polar surface area (TPSA) is 116 Å². The van der Waals surface area contributed by atoms with E-state index in [0.717, 1.165) is 17.5 Å². The fourth-order valence-electron chi connectivity index (χ4n) is 2.48. The summed E-state index contributed by atoms with van der Waals surface area (Å²) in [6.07, 6.45) is 1.46. The van der Waals surface area contributed by atoms with Crippen molar-refractivity contribution < 1.29 is 19.4 Å². The zero-order chi connectivity index (χ0) is 19.2. The van der Waals surface area contributed by atoms with Crippen LogP contribution in [0.3, 0.4) is 0 Å². The molecule has 142 valence electrons. The quantitative estimate of drug-likeness (QED) is 0.718. The molecule has 0 saturated carbocycles. The number of β-amino-alcohol motifs (C(OH)–C–C–N with tert-alkyl or cyclic N) is 1. The molecule has 0 bridgehead atoms. The number of fused-ring (bicyclic) bond motifs is 1. The smallest absolute Gasteiger partial charge is 0.264 e. The lowest BCUT2D eigenvalue weighted by molar-refractivity contribution is -0.118. The lowest BCUT2D eigenvalue weighted by Gasteiger charge is -2.19. The standard InChI is InChI=1S/C17H19N5O4S/c1-2-26-12-5-3-11(4-6-12)19-14(24)10-27-17-20-15-13(16(25)21-17)9-18-22(15)7-8-23/h3-6,9,13,23H,2,7-8,10H2,1H3,(H,19,24). The summed E-state index contributed by atoms with van der Waals surface area (Å²) in [5, 5.41) is 17.6. The van der Waals surface area contributed by atoms with E-state index < -0.39 is 5.92 Å². The number of aliphatic hydroxyl groups excluding tert-OH is 1. The van der Waals surface area contributed by atoms with Gasteiger partial charge in [-0.15, -0.1) is 0 Å². The number of aliphatic imine (C=N–C) groups is 2. The molecule has 0 fully saturated rings. The highest BCUT2D eigenvalue weighted by atomic mass is 32.2. The van der Waals surface area contributed by atoms with E-state index in [-0.39, 0.29) is 35.9 Å². The second-order valence-electron chi connectivity index (χ2n) is 5.59. The Hall–Kier alpha value is -2.72. The van der Waals surface area contributed by atoms with Gasteiger partial charge in [-0.05, 0) is 31.2 Å². The van der Waals surface area contributed by atoms with Crippen molar-refractivity contribution in [2.45, 2.75) is 6.92 Å². The third-order valence-electron chi connectivity index (χ3n) is 3.67. The number of thioether (sulfide) groups is 1. The van der Waals surface area contributed by atoms with Gasteiger partial charge in [-0.2, -0.15) is 10.1 Å². The van der Waals surface area contributed by atoms with Gasteiger partial charge in [0.1, 0.15) is 17.5 Å². The van der Waals surface area contributed by atoms with Crippen molar-refractivity contribution in [2.24, 2.45) is 21.0 Å². The molecule has 1 aromatic carbocycles. The molecule has 2 N–H and O–H groups in total. The fraction of sp³-hybridized carbons (Fsp3) is 0.353. The molecule has 1 unspecified atom stereocenters. The van der Waals surface area contributed by atoms with Crippen molar-refractivity contribution in [3.63, 3.8) is 0 Å². The molecule has 3 rings (SSSR count). The highest BCUT2D eigenvalue weighted by Gasteiger charge is 2.35. The zero-order valence-electron chi connectivity index (χ0n) is 14.7. The molecule has 0 spiro atoms. The minimum Gasteiger partial charge on any atom is -0.494 e. The summed E-state index contributed by atoms with van der Waals surface area (Å²) in [6.45, 7) is 2.61. The highest BCUT2D eigenvalue weighted by molar-refractivity contribution is 8.14. The lowest BCUT2D eigenvalue weighted by atomic mass is 10.1. The molecule has 0 aromatic heterocycles. The van der Waals surface area contributed by atoms with E-state index in [4.69, 9.17) is 9.84 Å². The van der Waals surface area contributed by atoms with Crippen LogP contribution in [0.15, 0.2) is 39.4 Å². The number of carbonyl (C=O) groups is 2. The molecule has 0 saturated heterocycles. The van der Waals surface area contributed by atoms with E-state index in [9.17, 15) is 9.59 Å². The highest BCUT2D eigenvalue weighted by Crippen LogP contribution is 2.21. The SMILES string of the molecule is CCOc1ccc(NC(=O)CSC2=NC(=O)C3C=NN(CCO)C3=N2)cc1. The number of ether oxygens (including phenoxy) is 1. The summed E-state index contributed by atoms with van der Waals surface area (Å²) in [4.78, 5) is 32.4. The minimum absolute atomic E-state index is 0.0572. The maximum absolute atomic E-state index is 12.1. The minimum atomic E-state index is -0.612. The van der Waals surface area contributed by atoms with Crippen LogP contribution in [-0.2, 0) is 9.59 Å². The zero-order valence-corrected chi connectivity index (χ0v) is 15.5. The summed E-state index contributed by atoms with van der Waals surface area (Å²) in [5.41, 5.74) is 0.649. The van der Waals surface area contributed by atoms with Gasteiger partial charge in [0.05, 0.1) is 25.5 Å². The Morgan fingerprint density at radius 3 is 2.81 bits per heavy atom. The normalized spacial score (nSPS) is 18.1. The van der Waals surface area contributed by atoms with Gasteiger partial charge in [-0.3, -0.25) is 9.59 Å². The second kappa shape index (κ2) is 8.78. The van der Waals surface area contributed by atoms with Gasteiger partial charge >= 0.3 is 0 Å². The summed E-state index contributed by atoms with van der Waals surface area (Å²) in [5.74, 6) is -0.00883. The molecule has 2 heterocycles. The lowest BCUT2D eigenvalue weighted by Crippen LogP contribution is -2.35. The molecule has 10 heteroatoms. The number of hydrazone groups is 1. The second-order valence-corrected chi connectivity index (χ2v) is 6.53. The average molecular weight is 389 g/mol. The van der Waals surface area contributed by atoms with Gasteiger partial charge in [-0.1, -0.05) is 11.8 Å². The Kier molecular flexibility index (Phi) is 6.20. The molecule has 2 aliphatic heterocycles. The van der Waals surface area contributed by atoms with Crippen molar-refractivity contribution in [3.8, 4) is 5.75 Å². The van der Waals surface area contributed by atoms with Gasteiger partial charge in [0.2, 0.25) is 5.91 Å². The number of amidine groups is 2. The van der Waals surface area contributed by atoms with Gasteiger partial charge in [-0.25, -0.2) is 10.0 Å². The number of amides is 2. The van der Waals surface area contributed by atoms with Gasteiger partial charge in [0, 0.05) is 11.9 Å². The molecule has 1 aromatic rings. The number of rotatable bonds is 7. The van der Waals surface area contributed by atoms with Crippen molar-refractivity contribution in [2.75, 3.05) is 30.8 Å². The largest absolute Gasteiger partial charge is 0.494 e. The predicted molar refractivity (Wildman–Crippen MR) is 104 cm³/mol. The van der Waals surface area contributed by atoms with Crippen LogP contribution in [0.4, 0.5) is 5.69 Å². The first kappa shape index (κ1) is 19.1. The van der Waals surface area contributed by atoms with E-state index in [1.54, 1.807) is 24.3 Å². The summed E-state index contributed by atoms with van der Waals surface area (Å²) >= 11 is 1.07. The van der Waals surface area contributed by atoms with Crippen LogP contribution in [0.1, 0.15) is 6.92 Å². The molecule has 27 heavy (non-hydrogen) atoms. The molecule has 2 amide bonds. The van der Waals surface area contributed by atoms with E-state index in [1.807, 2.05) is 6.92 Å². The number of nitrogens with zero attached hydrogens (tertiary/aromatic N) is 4. The number of aliphatic hydroxyl groups is 1. The summed E-state index contributed by atoms with van der Waals surface area (Å²) in [7, 11) is 0. The predicted octanol–water partition coefficient (Wildman–Crippen LogP) is 0.962. The Morgan fingerprint density at radius 2 is 2.11 bits per heavy atom.